The highest BCUT2D eigenvalue weighted by Crippen LogP contribution is 2.59. The molecule has 0 aromatic rings. The van der Waals surface area contributed by atoms with Gasteiger partial charge in [-0.1, -0.05) is 85.8 Å². The van der Waals surface area contributed by atoms with Crippen molar-refractivity contribution < 1.29 is 18.5 Å². The summed E-state index contributed by atoms with van der Waals surface area (Å²) in [5.41, 5.74) is 4.29. The van der Waals surface area contributed by atoms with E-state index in [1.165, 1.54) is 49.9 Å². The predicted octanol–water partition coefficient (Wildman–Crippen LogP) is 10.4. The first kappa shape index (κ1) is 38.2. The number of amides is 1. The van der Waals surface area contributed by atoms with Crippen LogP contribution < -0.4 is 0 Å². The first-order valence-corrected chi connectivity index (χ1v) is 23.3. The topological polar surface area (TPSA) is 48.0 Å². The largest absolute Gasteiger partial charge is 0.413 e. The molecule has 45 heavy (non-hydrogen) atoms. The van der Waals surface area contributed by atoms with Gasteiger partial charge in [-0.2, -0.15) is 0 Å². The van der Waals surface area contributed by atoms with Gasteiger partial charge in [0.1, 0.15) is 0 Å². The van der Waals surface area contributed by atoms with E-state index in [2.05, 4.69) is 106 Å². The maximum atomic E-state index is 12.3. The average Bonchev–Trinajstić information content (AvgIpc) is 3.27. The number of hydroxylamine groups is 2. The number of hydrogen-bond donors (Lipinski definition) is 0. The second-order valence-corrected chi connectivity index (χ2v) is 27.1. The summed E-state index contributed by atoms with van der Waals surface area (Å²) in [6.45, 7) is 32.8. The fourth-order valence-corrected chi connectivity index (χ4v) is 10.1. The summed E-state index contributed by atoms with van der Waals surface area (Å²) in [6.07, 6.45) is 16.6. The Bertz CT molecular complexity index is 1170. The van der Waals surface area contributed by atoms with Crippen LogP contribution in [0.1, 0.15) is 100 Å². The molecule has 3 aliphatic carbocycles. The molecule has 0 aliphatic heterocycles. The Labute approximate surface area is 279 Å². The summed E-state index contributed by atoms with van der Waals surface area (Å²) in [7, 11) is -0.765. The Morgan fingerprint density at radius 2 is 1.62 bits per heavy atom. The fraction of sp³-hybridized carbons (Fsp3) is 0.763. The number of hydrogen-bond acceptors (Lipinski definition) is 4. The Morgan fingerprint density at radius 3 is 2.20 bits per heavy atom. The molecule has 3 aliphatic rings. The Kier molecular flexibility index (Phi) is 11.9. The number of rotatable bonds is 9. The number of carbonyl (C=O) groups is 1. The highest BCUT2D eigenvalue weighted by Gasteiger charge is 2.50. The van der Waals surface area contributed by atoms with Crippen molar-refractivity contribution in [1.82, 2.24) is 5.06 Å². The van der Waals surface area contributed by atoms with Crippen LogP contribution in [0.3, 0.4) is 0 Å². The zero-order valence-corrected chi connectivity index (χ0v) is 33.4. The van der Waals surface area contributed by atoms with E-state index in [0.29, 0.717) is 17.8 Å². The quantitative estimate of drug-likeness (QED) is 0.141. The van der Waals surface area contributed by atoms with Gasteiger partial charge in [0.05, 0.1) is 19.3 Å². The van der Waals surface area contributed by atoms with Crippen molar-refractivity contribution in [2.45, 2.75) is 149 Å². The van der Waals surface area contributed by atoms with E-state index in [1.54, 1.807) is 18.7 Å². The molecule has 0 heterocycles. The molecule has 5 nitrogen and oxygen atoms in total. The fourth-order valence-electron chi connectivity index (χ4n) is 7.47. The number of carbonyl (C=O) groups excluding carboxylic acids is 1. The molecule has 3 rings (SSSR count). The Morgan fingerprint density at radius 1 is 1.02 bits per heavy atom. The van der Waals surface area contributed by atoms with E-state index in [1.807, 2.05) is 0 Å². The predicted molar refractivity (Wildman–Crippen MR) is 195 cm³/mol. The molecule has 0 N–H and O–H groups in total. The average molecular weight is 658 g/mol. The van der Waals surface area contributed by atoms with Gasteiger partial charge in [-0.25, -0.2) is 5.06 Å². The van der Waals surface area contributed by atoms with Gasteiger partial charge in [0.2, 0.25) is 0 Å². The third-order valence-electron chi connectivity index (χ3n) is 12.5. The molecule has 0 bridgehead atoms. The van der Waals surface area contributed by atoms with Gasteiger partial charge < -0.3 is 8.85 Å². The molecule has 4 unspecified atom stereocenters. The monoisotopic (exact) mass is 657 g/mol. The van der Waals surface area contributed by atoms with E-state index in [0.717, 1.165) is 18.4 Å². The van der Waals surface area contributed by atoms with Crippen LogP contribution >= 0.6 is 0 Å². The molecule has 256 valence electrons. The Hall–Kier alpha value is -1.26. The summed E-state index contributed by atoms with van der Waals surface area (Å²) in [5, 5.41) is 1.57. The molecule has 3 saturated carbocycles. The van der Waals surface area contributed by atoms with Crippen LogP contribution in [0.25, 0.3) is 0 Å². The van der Waals surface area contributed by atoms with Crippen LogP contribution in [-0.2, 0) is 18.5 Å². The second-order valence-electron chi connectivity index (χ2n) is 17.6. The molecule has 1 amide bonds. The number of allylic oxidation sites excluding steroid dienone is 4. The van der Waals surface area contributed by atoms with Gasteiger partial charge in [-0.3, -0.25) is 9.63 Å². The number of fused-ring (bicyclic) bond motifs is 1. The molecule has 0 radical (unpaired) electrons. The van der Waals surface area contributed by atoms with Crippen LogP contribution in [0.2, 0.25) is 36.3 Å². The lowest BCUT2D eigenvalue weighted by molar-refractivity contribution is -0.162. The summed E-state index contributed by atoms with van der Waals surface area (Å²) < 4.78 is 14.1. The molecule has 0 aromatic carbocycles. The minimum absolute atomic E-state index is 0.000886. The third kappa shape index (κ3) is 8.62. The van der Waals surface area contributed by atoms with Crippen molar-refractivity contribution in [1.29, 1.82) is 0 Å². The number of nitrogens with zero attached hydrogens (tertiary/aromatic N) is 1. The molecule has 0 saturated heterocycles. The molecular formula is C38H67NO4Si2. The van der Waals surface area contributed by atoms with Gasteiger partial charge in [0, 0.05) is 19.5 Å². The van der Waals surface area contributed by atoms with Gasteiger partial charge in [0.15, 0.2) is 16.6 Å². The van der Waals surface area contributed by atoms with Crippen molar-refractivity contribution >= 4 is 22.5 Å². The van der Waals surface area contributed by atoms with Crippen molar-refractivity contribution in [3.63, 3.8) is 0 Å². The summed E-state index contributed by atoms with van der Waals surface area (Å²) in [5.74, 6) is 1.37. The van der Waals surface area contributed by atoms with Crippen molar-refractivity contribution in [3.8, 4) is 0 Å². The second kappa shape index (κ2) is 14.1. The zero-order valence-electron chi connectivity index (χ0n) is 31.4. The van der Waals surface area contributed by atoms with Crippen LogP contribution in [0.4, 0.5) is 0 Å². The Balaban J connectivity index is 1.89. The van der Waals surface area contributed by atoms with Crippen molar-refractivity contribution in [3.05, 3.63) is 47.6 Å². The van der Waals surface area contributed by atoms with Gasteiger partial charge >= 0.3 is 0 Å². The summed E-state index contributed by atoms with van der Waals surface area (Å²) >= 11 is 0. The lowest BCUT2D eigenvalue weighted by Crippen LogP contribution is -2.49. The molecule has 3 fully saturated rings. The summed E-state index contributed by atoms with van der Waals surface area (Å²) in [6, 6.07) is 0. The van der Waals surface area contributed by atoms with E-state index in [9.17, 15) is 4.79 Å². The highest BCUT2D eigenvalue weighted by atomic mass is 28.4. The van der Waals surface area contributed by atoms with Crippen LogP contribution in [0.5, 0.6) is 0 Å². The van der Waals surface area contributed by atoms with Crippen LogP contribution in [0.15, 0.2) is 47.6 Å². The van der Waals surface area contributed by atoms with Gasteiger partial charge in [0.25, 0.3) is 5.91 Å². The lowest BCUT2D eigenvalue weighted by Gasteiger charge is -2.45. The molecular weight excluding hydrogens is 591 g/mol. The minimum atomic E-state index is -2.00. The third-order valence-corrected chi connectivity index (χ3v) is 21.6. The van der Waals surface area contributed by atoms with Crippen molar-refractivity contribution in [2.75, 3.05) is 14.2 Å². The van der Waals surface area contributed by atoms with Gasteiger partial charge in [-0.05, 0) is 109 Å². The van der Waals surface area contributed by atoms with E-state index in [4.69, 9.17) is 13.7 Å². The van der Waals surface area contributed by atoms with E-state index in [-0.39, 0.29) is 33.6 Å². The van der Waals surface area contributed by atoms with Crippen molar-refractivity contribution in [2.24, 2.45) is 23.2 Å². The standard InChI is InChI=1S/C38H67NO4Si2/c1-27(18-23-35(40)39(10)41-11)32-21-22-33-29(17-16-24-38(32,33)9)19-20-30-25-31(42-44(12,13)36(3,4)5)26-34(28(30)2)43-45(14,15)37(6,7)8/h18-20,23,27,31-34H,2,16-17,21-22,24-26H2,1,3-15H3/t27-,31?,32?,33?,34?,38+/m0/s1. The molecule has 7 heteroatoms. The molecule has 0 spiro atoms. The SMILES string of the molecule is C=C1C(=CC=C2CCC[C@@]3(C)C2CCC3[C@@H](C)C=CC(=O)N(C)OC)CC(O[Si](C)(C)C(C)(C)C)CC1O[Si](C)(C)C(C)(C)C. The lowest BCUT2D eigenvalue weighted by atomic mass is 9.61. The summed E-state index contributed by atoms with van der Waals surface area (Å²) in [4.78, 5) is 17.4. The highest BCUT2D eigenvalue weighted by molar-refractivity contribution is 6.74. The molecule has 6 atom stereocenters. The normalized spacial score (nSPS) is 31.1. The zero-order chi connectivity index (χ0) is 34.2. The molecule has 0 aromatic heterocycles. The number of likely N-dealkylation sites (N-methyl/N-ethyl adjacent to an activating group) is 1. The van der Waals surface area contributed by atoms with Crippen LogP contribution in [0, 0.1) is 23.2 Å². The smallest absolute Gasteiger partial charge is 0.269 e. The maximum Gasteiger partial charge on any atom is 0.269 e. The first-order chi connectivity index (χ1) is 20.5. The first-order valence-electron chi connectivity index (χ1n) is 17.5. The van der Waals surface area contributed by atoms with Gasteiger partial charge in [-0.15, -0.1) is 0 Å². The van der Waals surface area contributed by atoms with E-state index >= 15 is 0 Å². The van der Waals surface area contributed by atoms with Crippen LogP contribution in [-0.4, -0.2) is 54.0 Å². The minimum Gasteiger partial charge on any atom is -0.413 e. The maximum absolute atomic E-state index is 12.3. The van der Waals surface area contributed by atoms with E-state index < -0.39 is 16.6 Å².